The fourth-order valence-electron chi connectivity index (χ4n) is 1.41. The summed E-state index contributed by atoms with van der Waals surface area (Å²) < 4.78 is 1.98. The van der Waals surface area contributed by atoms with Crippen LogP contribution >= 0.6 is 27.3 Å². The molecule has 2 rings (SSSR count). The maximum Gasteiger partial charge on any atom is 0.150 e. The number of rotatable bonds is 2. The zero-order chi connectivity index (χ0) is 10.1. The summed E-state index contributed by atoms with van der Waals surface area (Å²) in [6.07, 6.45) is 0.776. The van der Waals surface area contributed by atoms with Gasteiger partial charge in [-0.3, -0.25) is 4.79 Å². The van der Waals surface area contributed by atoms with Crippen molar-refractivity contribution in [1.82, 2.24) is 0 Å². The molecular weight excluding hydrogens is 264 g/mol. The average molecular weight is 271 g/mol. The second kappa shape index (κ2) is 3.81. The first-order valence-electron chi connectivity index (χ1n) is 4.02. The minimum absolute atomic E-state index is 0.0988. The van der Waals surface area contributed by atoms with Crippen molar-refractivity contribution in [2.24, 2.45) is 0 Å². The Morgan fingerprint density at radius 1 is 1.50 bits per heavy atom. The molecule has 0 saturated heterocycles. The summed E-state index contributed by atoms with van der Waals surface area (Å²) in [4.78, 5) is 10.7. The number of thiophene rings is 1. The number of aldehydes is 1. The molecule has 0 fully saturated rings. The van der Waals surface area contributed by atoms with Crippen molar-refractivity contribution in [3.63, 3.8) is 0 Å². The molecule has 0 bridgehead atoms. The van der Waals surface area contributed by atoms with Gasteiger partial charge in [-0.2, -0.15) is 0 Å². The predicted octanol–water partition coefficient (Wildman–Crippen LogP) is 2.97. The van der Waals surface area contributed by atoms with E-state index in [0.29, 0.717) is 11.1 Å². The van der Waals surface area contributed by atoms with Gasteiger partial charge in [0.2, 0.25) is 0 Å². The Hall–Kier alpha value is -0.710. The van der Waals surface area contributed by atoms with E-state index in [9.17, 15) is 9.90 Å². The molecule has 1 aromatic carbocycles. The lowest BCUT2D eigenvalue weighted by atomic mass is 10.1. The number of fused-ring (bicyclic) bond motifs is 1. The molecule has 0 spiro atoms. The van der Waals surface area contributed by atoms with Crippen molar-refractivity contribution in [2.75, 3.05) is 0 Å². The summed E-state index contributed by atoms with van der Waals surface area (Å²) in [6.45, 7) is -0.0988. The highest BCUT2D eigenvalue weighted by Crippen LogP contribution is 2.33. The molecule has 1 aromatic heterocycles. The van der Waals surface area contributed by atoms with Gasteiger partial charge in [0.1, 0.15) is 6.29 Å². The Labute approximate surface area is 93.3 Å². The Balaban J connectivity index is 2.84. The summed E-state index contributed by atoms with van der Waals surface area (Å²) >= 11 is 4.95. The lowest BCUT2D eigenvalue weighted by Gasteiger charge is -2.02. The van der Waals surface area contributed by atoms with E-state index in [4.69, 9.17) is 0 Å². The third-order valence-corrected chi connectivity index (χ3v) is 4.13. The van der Waals surface area contributed by atoms with Crippen molar-refractivity contribution in [3.8, 4) is 0 Å². The number of halogens is 1. The maximum absolute atomic E-state index is 10.7. The van der Waals surface area contributed by atoms with Gasteiger partial charge in [0.25, 0.3) is 0 Å². The largest absolute Gasteiger partial charge is 0.392 e. The van der Waals surface area contributed by atoms with Crippen LogP contribution in [-0.4, -0.2) is 11.4 Å². The summed E-state index contributed by atoms with van der Waals surface area (Å²) in [5, 5.41) is 12.2. The minimum atomic E-state index is -0.0988. The fraction of sp³-hybridized carbons (Fsp3) is 0.100. The van der Waals surface area contributed by atoms with E-state index in [1.165, 1.54) is 11.3 Å². The third-order valence-electron chi connectivity index (χ3n) is 2.12. The highest BCUT2D eigenvalue weighted by atomic mass is 79.9. The molecule has 4 heteroatoms. The first-order chi connectivity index (χ1) is 6.77. The number of hydrogen-bond acceptors (Lipinski definition) is 3. The number of carbonyl (C=O) groups excluding carboxylic acids is 1. The molecule has 0 aliphatic carbocycles. The highest BCUT2D eigenvalue weighted by Gasteiger charge is 2.09. The highest BCUT2D eigenvalue weighted by molar-refractivity contribution is 9.10. The molecule has 2 aromatic rings. The Kier molecular flexibility index (Phi) is 2.67. The molecule has 72 valence electrons. The van der Waals surface area contributed by atoms with Crippen LogP contribution in [0.25, 0.3) is 10.1 Å². The van der Waals surface area contributed by atoms with Crippen molar-refractivity contribution in [1.29, 1.82) is 0 Å². The quantitative estimate of drug-likeness (QED) is 0.852. The predicted molar refractivity (Wildman–Crippen MR) is 60.8 cm³/mol. The first kappa shape index (κ1) is 9.83. The number of carbonyl (C=O) groups is 1. The van der Waals surface area contributed by atoms with Crippen LogP contribution in [0.2, 0.25) is 0 Å². The second-order valence-corrected chi connectivity index (χ2v) is 4.60. The molecule has 14 heavy (non-hydrogen) atoms. The van der Waals surface area contributed by atoms with Gasteiger partial charge >= 0.3 is 0 Å². The van der Waals surface area contributed by atoms with Crippen LogP contribution in [0.15, 0.2) is 22.0 Å². The lowest BCUT2D eigenvalue weighted by Crippen LogP contribution is -1.91. The molecule has 0 aliphatic rings. The van der Waals surface area contributed by atoms with Crippen molar-refractivity contribution in [3.05, 3.63) is 33.1 Å². The van der Waals surface area contributed by atoms with Gasteiger partial charge in [0.05, 0.1) is 6.61 Å². The van der Waals surface area contributed by atoms with E-state index in [2.05, 4.69) is 15.9 Å². The second-order valence-electron chi connectivity index (χ2n) is 2.87. The van der Waals surface area contributed by atoms with E-state index in [1.807, 2.05) is 11.4 Å². The summed E-state index contributed by atoms with van der Waals surface area (Å²) in [7, 11) is 0. The van der Waals surface area contributed by atoms with Crippen molar-refractivity contribution < 1.29 is 9.90 Å². The molecule has 0 aliphatic heterocycles. The van der Waals surface area contributed by atoms with Crippen LogP contribution in [0.5, 0.6) is 0 Å². The summed E-state index contributed by atoms with van der Waals surface area (Å²) in [5.41, 5.74) is 1.28. The summed E-state index contributed by atoms with van der Waals surface area (Å²) in [5.74, 6) is 0. The number of benzene rings is 1. The molecule has 0 saturated carbocycles. The monoisotopic (exact) mass is 270 g/mol. The normalized spacial score (nSPS) is 10.7. The van der Waals surface area contributed by atoms with Gasteiger partial charge in [0.15, 0.2) is 0 Å². The molecule has 0 amide bonds. The van der Waals surface area contributed by atoms with Crippen LogP contribution < -0.4 is 0 Å². The SMILES string of the molecule is O=Cc1ccc2c(Br)csc2c1CO. The van der Waals surface area contributed by atoms with Crippen LogP contribution in [0.4, 0.5) is 0 Å². The molecule has 1 N–H and O–H groups in total. The first-order valence-corrected chi connectivity index (χ1v) is 5.69. The Bertz CT molecular complexity index is 490. The number of aliphatic hydroxyl groups excluding tert-OH is 1. The zero-order valence-corrected chi connectivity index (χ0v) is 9.56. The van der Waals surface area contributed by atoms with E-state index in [-0.39, 0.29) is 6.61 Å². The minimum Gasteiger partial charge on any atom is -0.392 e. The van der Waals surface area contributed by atoms with Gasteiger partial charge < -0.3 is 5.11 Å². The van der Waals surface area contributed by atoms with Gasteiger partial charge in [-0.05, 0) is 15.9 Å². The zero-order valence-electron chi connectivity index (χ0n) is 7.16. The van der Waals surface area contributed by atoms with Crippen LogP contribution in [0.1, 0.15) is 15.9 Å². The maximum atomic E-state index is 10.7. The van der Waals surface area contributed by atoms with Crippen LogP contribution in [0.3, 0.4) is 0 Å². The van der Waals surface area contributed by atoms with Gasteiger partial charge in [-0.15, -0.1) is 11.3 Å². The number of hydrogen-bond donors (Lipinski definition) is 1. The van der Waals surface area contributed by atoms with Gasteiger partial charge in [-0.1, -0.05) is 12.1 Å². The van der Waals surface area contributed by atoms with E-state index >= 15 is 0 Å². The topological polar surface area (TPSA) is 37.3 Å². The van der Waals surface area contributed by atoms with Crippen molar-refractivity contribution >= 4 is 43.6 Å². The molecule has 0 unspecified atom stereocenters. The van der Waals surface area contributed by atoms with Gasteiger partial charge in [0, 0.05) is 31.1 Å². The molecule has 1 heterocycles. The number of aliphatic hydroxyl groups is 1. The third kappa shape index (κ3) is 1.39. The van der Waals surface area contributed by atoms with Crippen LogP contribution in [0, 0.1) is 0 Å². The van der Waals surface area contributed by atoms with E-state index in [0.717, 1.165) is 20.8 Å². The standard InChI is InChI=1S/C10H7BrO2S/c11-9-5-14-10-7(9)2-1-6(3-12)8(10)4-13/h1-3,5,13H,4H2. The summed E-state index contributed by atoms with van der Waals surface area (Å²) in [6, 6.07) is 3.62. The Morgan fingerprint density at radius 2 is 2.29 bits per heavy atom. The van der Waals surface area contributed by atoms with E-state index in [1.54, 1.807) is 6.07 Å². The molecule has 2 nitrogen and oxygen atoms in total. The molecule has 0 atom stereocenters. The average Bonchev–Trinajstić information content (AvgIpc) is 2.59. The lowest BCUT2D eigenvalue weighted by molar-refractivity contribution is 0.112. The molecular formula is C10H7BrO2S. The molecule has 0 radical (unpaired) electrons. The fourth-order valence-corrected chi connectivity index (χ4v) is 3.13. The van der Waals surface area contributed by atoms with Crippen LogP contribution in [-0.2, 0) is 6.61 Å². The van der Waals surface area contributed by atoms with Crippen molar-refractivity contribution in [2.45, 2.75) is 6.61 Å². The smallest absolute Gasteiger partial charge is 0.150 e. The van der Waals surface area contributed by atoms with E-state index < -0.39 is 0 Å². The Morgan fingerprint density at radius 3 is 2.93 bits per heavy atom. The van der Waals surface area contributed by atoms with Gasteiger partial charge in [-0.25, -0.2) is 0 Å².